The highest BCUT2D eigenvalue weighted by atomic mass is 35.5. The first-order chi connectivity index (χ1) is 10.4. The molecule has 1 heterocycles. The van der Waals surface area contributed by atoms with Crippen LogP contribution in [0.2, 0.25) is 5.02 Å². The van der Waals surface area contributed by atoms with Gasteiger partial charge in [-0.2, -0.15) is 0 Å². The maximum atomic E-state index is 7.84. The van der Waals surface area contributed by atoms with E-state index in [1.54, 1.807) is 19.3 Å². The summed E-state index contributed by atoms with van der Waals surface area (Å²) in [4.78, 5) is 4.24. The predicted molar refractivity (Wildman–Crippen MR) is 88.9 cm³/mol. The van der Waals surface area contributed by atoms with Crippen molar-refractivity contribution in [2.75, 3.05) is 14.2 Å². The molecular formula is C15H17ClN4O2. The number of hydrogen-bond donors (Lipinski definition) is 3. The Hall–Kier alpha value is -2.47. The van der Waals surface area contributed by atoms with Gasteiger partial charge in [0, 0.05) is 29.0 Å². The molecule has 0 saturated carbocycles. The van der Waals surface area contributed by atoms with Gasteiger partial charge in [0.05, 0.1) is 24.9 Å². The van der Waals surface area contributed by atoms with Crippen LogP contribution in [0.15, 0.2) is 28.9 Å². The van der Waals surface area contributed by atoms with Crippen molar-refractivity contribution in [1.29, 1.82) is 5.41 Å². The Labute approximate surface area is 133 Å². The van der Waals surface area contributed by atoms with Gasteiger partial charge in [0.25, 0.3) is 0 Å². The fourth-order valence-electron chi connectivity index (χ4n) is 2.21. The van der Waals surface area contributed by atoms with Gasteiger partial charge in [-0.15, -0.1) is 0 Å². The minimum atomic E-state index is 0.0754. The second kappa shape index (κ2) is 6.11. The molecule has 1 aliphatic rings. The van der Waals surface area contributed by atoms with E-state index in [2.05, 4.69) is 4.99 Å². The van der Waals surface area contributed by atoms with E-state index in [1.807, 2.05) is 6.92 Å². The summed E-state index contributed by atoms with van der Waals surface area (Å²) in [6.45, 7) is 1.86. The molecule has 116 valence electrons. The van der Waals surface area contributed by atoms with E-state index in [0.29, 0.717) is 33.4 Å². The first-order valence-corrected chi connectivity index (χ1v) is 6.80. The highest BCUT2D eigenvalue weighted by Gasteiger charge is 2.23. The first-order valence-electron chi connectivity index (χ1n) is 6.43. The Morgan fingerprint density at radius 3 is 2.45 bits per heavy atom. The van der Waals surface area contributed by atoms with Gasteiger partial charge in [0.2, 0.25) is 0 Å². The smallest absolute Gasteiger partial charge is 0.150 e. The number of nitrogens with zero attached hydrogens (tertiary/aromatic N) is 1. The van der Waals surface area contributed by atoms with Crippen molar-refractivity contribution in [1.82, 2.24) is 0 Å². The number of amidine groups is 1. The van der Waals surface area contributed by atoms with Crippen LogP contribution in [0.5, 0.6) is 11.5 Å². The SMILES string of the molecule is COc1cc(OC)c(Cl)c(C2=C/C(=C/N)C(=N)C(N)=N2)c1C. The van der Waals surface area contributed by atoms with Crippen molar-refractivity contribution < 1.29 is 9.47 Å². The molecule has 0 unspecified atom stereocenters. The van der Waals surface area contributed by atoms with Crippen molar-refractivity contribution in [3.8, 4) is 11.5 Å². The van der Waals surface area contributed by atoms with E-state index in [9.17, 15) is 0 Å². The minimum Gasteiger partial charge on any atom is -0.496 e. The van der Waals surface area contributed by atoms with E-state index in [0.717, 1.165) is 5.56 Å². The fourth-order valence-corrected chi connectivity index (χ4v) is 2.58. The fraction of sp³-hybridized carbons (Fsp3) is 0.200. The summed E-state index contributed by atoms with van der Waals surface area (Å²) in [5, 5.41) is 8.23. The molecule has 0 bridgehead atoms. The first kappa shape index (κ1) is 15.9. The second-order valence-electron chi connectivity index (χ2n) is 4.62. The van der Waals surface area contributed by atoms with Crippen molar-refractivity contribution in [2.45, 2.75) is 6.92 Å². The number of nitrogens with one attached hydrogen (secondary N) is 1. The molecule has 0 spiro atoms. The van der Waals surface area contributed by atoms with Crippen LogP contribution in [-0.2, 0) is 0 Å². The number of halogens is 1. The monoisotopic (exact) mass is 320 g/mol. The van der Waals surface area contributed by atoms with Crippen molar-refractivity contribution in [2.24, 2.45) is 16.5 Å². The lowest BCUT2D eigenvalue weighted by Gasteiger charge is -2.19. The summed E-state index contributed by atoms with van der Waals surface area (Å²) >= 11 is 6.42. The number of nitrogens with two attached hydrogens (primary N) is 2. The second-order valence-corrected chi connectivity index (χ2v) is 5.00. The number of aliphatic imine (C=N–C) groups is 1. The van der Waals surface area contributed by atoms with E-state index in [-0.39, 0.29) is 11.5 Å². The molecule has 22 heavy (non-hydrogen) atoms. The van der Waals surface area contributed by atoms with E-state index >= 15 is 0 Å². The van der Waals surface area contributed by atoms with Gasteiger partial charge in [0.1, 0.15) is 23.0 Å². The third kappa shape index (κ3) is 2.53. The Kier molecular flexibility index (Phi) is 4.42. The quantitative estimate of drug-likeness (QED) is 0.793. The van der Waals surface area contributed by atoms with Gasteiger partial charge in [-0.1, -0.05) is 11.6 Å². The van der Waals surface area contributed by atoms with Crippen LogP contribution in [0.1, 0.15) is 11.1 Å². The van der Waals surface area contributed by atoms with Gasteiger partial charge >= 0.3 is 0 Å². The lowest BCUT2D eigenvalue weighted by Crippen LogP contribution is -2.27. The molecule has 0 radical (unpaired) electrons. The standard InChI is InChI=1S/C15H17ClN4O2/c1-7-10(21-2)5-11(22-3)13(16)12(7)9-4-8(6-17)14(18)15(19)20-9/h4-6,18H,17H2,1-3H3,(H2,19,20)/b8-6-,18-14?. The third-order valence-electron chi connectivity index (χ3n) is 3.40. The topological polar surface area (TPSA) is 107 Å². The van der Waals surface area contributed by atoms with Crippen LogP contribution in [0, 0.1) is 12.3 Å². The van der Waals surface area contributed by atoms with Crippen LogP contribution in [0.25, 0.3) is 5.70 Å². The molecule has 7 heteroatoms. The Bertz CT molecular complexity index is 707. The molecule has 0 aliphatic carbocycles. The molecule has 0 fully saturated rings. The molecule has 0 atom stereocenters. The van der Waals surface area contributed by atoms with Gasteiger partial charge in [0.15, 0.2) is 0 Å². The number of ether oxygens (including phenoxy) is 2. The third-order valence-corrected chi connectivity index (χ3v) is 3.77. The van der Waals surface area contributed by atoms with E-state index in [4.69, 9.17) is 38.0 Å². The zero-order valence-electron chi connectivity index (χ0n) is 12.5. The van der Waals surface area contributed by atoms with Crippen molar-refractivity contribution in [3.05, 3.63) is 40.1 Å². The van der Waals surface area contributed by atoms with Crippen LogP contribution in [0.4, 0.5) is 0 Å². The average Bonchev–Trinajstić information content (AvgIpc) is 2.51. The molecule has 6 nitrogen and oxygen atoms in total. The zero-order valence-corrected chi connectivity index (χ0v) is 13.3. The van der Waals surface area contributed by atoms with E-state index < -0.39 is 0 Å². The highest BCUT2D eigenvalue weighted by molar-refractivity contribution is 6.48. The maximum absolute atomic E-state index is 7.84. The maximum Gasteiger partial charge on any atom is 0.150 e. The summed E-state index contributed by atoms with van der Waals surface area (Å²) < 4.78 is 10.6. The Morgan fingerprint density at radius 2 is 1.91 bits per heavy atom. The van der Waals surface area contributed by atoms with Crippen LogP contribution < -0.4 is 20.9 Å². The number of rotatable bonds is 3. The van der Waals surface area contributed by atoms with Crippen molar-refractivity contribution in [3.63, 3.8) is 0 Å². The molecule has 0 aromatic heterocycles. The molecule has 5 N–H and O–H groups in total. The Balaban J connectivity index is 2.74. The normalized spacial score (nSPS) is 16.4. The van der Waals surface area contributed by atoms with Gasteiger partial charge < -0.3 is 20.9 Å². The number of methoxy groups -OCH3 is 2. The molecule has 0 amide bonds. The van der Waals surface area contributed by atoms with Gasteiger partial charge in [-0.3, -0.25) is 5.41 Å². The lowest BCUT2D eigenvalue weighted by atomic mass is 9.98. The summed E-state index contributed by atoms with van der Waals surface area (Å²) in [6, 6.07) is 1.71. The minimum absolute atomic E-state index is 0.0754. The highest BCUT2D eigenvalue weighted by Crippen LogP contribution is 2.41. The summed E-state index contributed by atoms with van der Waals surface area (Å²) in [7, 11) is 3.08. The number of hydrogen-bond acceptors (Lipinski definition) is 6. The molecule has 1 aliphatic heterocycles. The summed E-state index contributed by atoms with van der Waals surface area (Å²) in [5.74, 6) is 1.16. The van der Waals surface area contributed by atoms with Crippen LogP contribution in [-0.4, -0.2) is 25.8 Å². The zero-order chi connectivity index (χ0) is 16.4. The van der Waals surface area contributed by atoms with Crippen molar-refractivity contribution >= 4 is 28.8 Å². The predicted octanol–water partition coefficient (Wildman–Crippen LogP) is 2.24. The molecular weight excluding hydrogens is 304 g/mol. The molecule has 0 saturated heterocycles. The van der Waals surface area contributed by atoms with Crippen LogP contribution >= 0.6 is 11.6 Å². The summed E-state index contributed by atoms with van der Waals surface area (Å²) in [6.07, 6.45) is 2.97. The molecule has 1 aromatic carbocycles. The number of benzene rings is 1. The lowest BCUT2D eigenvalue weighted by molar-refractivity contribution is 0.392. The largest absolute Gasteiger partial charge is 0.496 e. The van der Waals surface area contributed by atoms with Gasteiger partial charge in [-0.05, 0) is 13.0 Å². The van der Waals surface area contributed by atoms with E-state index in [1.165, 1.54) is 13.3 Å². The molecule has 1 aromatic rings. The Morgan fingerprint density at radius 1 is 1.27 bits per heavy atom. The molecule has 2 rings (SSSR count). The van der Waals surface area contributed by atoms with Crippen LogP contribution in [0.3, 0.4) is 0 Å². The summed E-state index contributed by atoms with van der Waals surface area (Å²) in [5.41, 5.74) is 13.8. The number of allylic oxidation sites excluding steroid dienone is 1. The average molecular weight is 321 g/mol. The van der Waals surface area contributed by atoms with Gasteiger partial charge in [-0.25, -0.2) is 4.99 Å².